The zero-order chi connectivity index (χ0) is 22.2. The molecule has 0 radical (unpaired) electrons. The first-order valence-corrected chi connectivity index (χ1v) is 10.9. The average molecular weight is 426 g/mol. The summed E-state index contributed by atoms with van der Waals surface area (Å²) in [4.78, 5) is 32.8. The largest absolute Gasteiger partial charge is 0.334 e. The van der Waals surface area contributed by atoms with Gasteiger partial charge in [-0.2, -0.15) is 0 Å². The van der Waals surface area contributed by atoms with Crippen LogP contribution >= 0.6 is 0 Å². The molecule has 1 heterocycles. The lowest BCUT2D eigenvalue weighted by Gasteiger charge is -2.32. The van der Waals surface area contributed by atoms with Crippen molar-refractivity contribution < 1.29 is 9.59 Å². The third kappa shape index (κ3) is 5.49. The molecule has 0 aliphatic heterocycles. The highest BCUT2D eigenvalue weighted by Gasteiger charge is 2.36. The van der Waals surface area contributed by atoms with Gasteiger partial charge in [0.15, 0.2) is 0 Å². The molecule has 2 atom stereocenters. The Morgan fingerprint density at radius 3 is 1.97 bits per heavy atom. The Hall–Kier alpha value is -3.73. The van der Waals surface area contributed by atoms with E-state index in [-0.39, 0.29) is 11.8 Å². The number of aromatic nitrogens is 1. The van der Waals surface area contributed by atoms with Gasteiger partial charge in [0.05, 0.1) is 23.7 Å². The number of carbonyl (C=O) groups excluding carboxylic acids is 2. The van der Waals surface area contributed by atoms with E-state index in [1.807, 2.05) is 77.7 Å². The van der Waals surface area contributed by atoms with E-state index in [4.69, 9.17) is 0 Å². The van der Waals surface area contributed by atoms with Crippen LogP contribution in [0.15, 0.2) is 97.3 Å². The minimum atomic E-state index is -0.415. The van der Waals surface area contributed by atoms with Gasteiger partial charge >= 0.3 is 0 Å². The molecule has 5 heteroatoms. The summed E-state index contributed by atoms with van der Waals surface area (Å²) in [5, 5.41) is 2.93. The monoisotopic (exact) mass is 425 g/mol. The molecule has 0 bridgehead atoms. The molecule has 1 N–H and O–H groups in total. The molecule has 2 amide bonds. The second-order valence-corrected chi connectivity index (χ2v) is 8.05. The molecule has 162 valence electrons. The van der Waals surface area contributed by atoms with Crippen molar-refractivity contribution in [3.8, 4) is 0 Å². The van der Waals surface area contributed by atoms with Gasteiger partial charge < -0.3 is 10.2 Å². The molecule has 1 aromatic heterocycles. The Balaban J connectivity index is 1.55. The molecule has 4 rings (SSSR count). The second kappa shape index (κ2) is 10.5. The van der Waals surface area contributed by atoms with Crippen molar-refractivity contribution in [1.82, 2.24) is 9.88 Å². The van der Waals surface area contributed by atoms with Crippen LogP contribution in [0.4, 0.5) is 5.69 Å². The Kier molecular flexibility index (Phi) is 7.08. The zero-order valence-corrected chi connectivity index (χ0v) is 17.9. The first kappa shape index (κ1) is 21.5. The summed E-state index contributed by atoms with van der Waals surface area (Å²) in [6.45, 7) is 1.01. The average Bonchev–Trinajstić information content (AvgIpc) is 2.85. The maximum absolute atomic E-state index is 13.8. The number of nitrogens with zero attached hydrogens (tertiary/aromatic N) is 2. The standard InChI is InChI=1S/C27H27N3O2/c31-26(29-23-14-9-17-28-18-23)24-15-7-8-16-25(24)27(32)30(19-21-10-3-1-4-11-21)20-22-12-5-2-6-13-22/h1-14,17-18,24-25H,15-16,19-20H2,(H,29,31). The van der Waals surface area contributed by atoms with Crippen LogP contribution in [0.5, 0.6) is 0 Å². The lowest BCUT2D eigenvalue weighted by Crippen LogP contribution is -2.42. The predicted molar refractivity (Wildman–Crippen MR) is 125 cm³/mol. The number of benzene rings is 2. The fourth-order valence-electron chi connectivity index (χ4n) is 4.10. The third-order valence-electron chi connectivity index (χ3n) is 5.76. The fraction of sp³-hybridized carbons (Fsp3) is 0.222. The van der Waals surface area contributed by atoms with Crippen LogP contribution in [-0.4, -0.2) is 21.7 Å². The van der Waals surface area contributed by atoms with Crippen molar-refractivity contribution in [3.63, 3.8) is 0 Å². The van der Waals surface area contributed by atoms with Crippen LogP contribution in [0.1, 0.15) is 24.0 Å². The molecule has 32 heavy (non-hydrogen) atoms. The highest BCUT2D eigenvalue weighted by atomic mass is 16.2. The molecular formula is C27H27N3O2. The van der Waals surface area contributed by atoms with Crippen molar-refractivity contribution in [2.45, 2.75) is 25.9 Å². The summed E-state index contributed by atoms with van der Waals surface area (Å²) >= 11 is 0. The quantitative estimate of drug-likeness (QED) is 0.552. The molecule has 0 spiro atoms. The predicted octanol–water partition coefficient (Wildman–Crippen LogP) is 4.83. The summed E-state index contributed by atoms with van der Waals surface area (Å²) < 4.78 is 0. The van der Waals surface area contributed by atoms with Gasteiger partial charge in [-0.3, -0.25) is 14.6 Å². The Morgan fingerprint density at radius 1 is 0.812 bits per heavy atom. The van der Waals surface area contributed by atoms with Gasteiger partial charge in [-0.15, -0.1) is 0 Å². The molecule has 2 aromatic carbocycles. The molecular weight excluding hydrogens is 398 g/mol. The topological polar surface area (TPSA) is 62.3 Å². The van der Waals surface area contributed by atoms with Crippen LogP contribution in [0.2, 0.25) is 0 Å². The van der Waals surface area contributed by atoms with Crippen LogP contribution in [0.3, 0.4) is 0 Å². The lowest BCUT2D eigenvalue weighted by molar-refractivity contribution is -0.142. The van der Waals surface area contributed by atoms with Gasteiger partial charge in [0.1, 0.15) is 0 Å². The number of amides is 2. The summed E-state index contributed by atoms with van der Waals surface area (Å²) in [7, 11) is 0. The zero-order valence-electron chi connectivity index (χ0n) is 17.9. The number of nitrogens with one attached hydrogen (secondary N) is 1. The smallest absolute Gasteiger partial charge is 0.228 e. The normalized spacial score (nSPS) is 17.5. The molecule has 2 unspecified atom stereocenters. The molecule has 5 nitrogen and oxygen atoms in total. The first-order valence-electron chi connectivity index (χ1n) is 10.9. The van der Waals surface area contributed by atoms with Gasteiger partial charge in [-0.1, -0.05) is 72.8 Å². The van der Waals surface area contributed by atoms with Crippen molar-refractivity contribution >= 4 is 17.5 Å². The van der Waals surface area contributed by atoms with Gasteiger partial charge in [-0.25, -0.2) is 0 Å². The van der Waals surface area contributed by atoms with E-state index in [0.717, 1.165) is 11.1 Å². The molecule has 0 saturated carbocycles. The molecule has 1 aliphatic carbocycles. The number of allylic oxidation sites excluding steroid dienone is 2. The molecule has 3 aromatic rings. The van der Waals surface area contributed by atoms with E-state index in [0.29, 0.717) is 31.6 Å². The molecule has 1 aliphatic rings. The van der Waals surface area contributed by atoms with Gasteiger partial charge in [0.25, 0.3) is 0 Å². The van der Waals surface area contributed by atoms with E-state index < -0.39 is 11.8 Å². The Morgan fingerprint density at radius 2 is 1.41 bits per heavy atom. The number of pyridine rings is 1. The van der Waals surface area contributed by atoms with Crippen LogP contribution < -0.4 is 5.32 Å². The van der Waals surface area contributed by atoms with Gasteiger partial charge in [0.2, 0.25) is 11.8 Å². The SMILES string of the molecule is O=C(Nc1cccnc1)C1CC=CCC1C(=O)N(Cc1ccccc1)Cc1ccccc1. The number of hydrogen-bond donors (Lipinski definition) is 1. The van der Waals surface area contributed by atoms with E-state index in [9.17, 15) is 9.59 Å². The minimum Gasteiger partial charge on any atom is -0.334 e. The van der Waals surface area contributed by atoms with Crippen LogP contribution in [-0.2, 0) is 22.7 Å². The maximum Gasteiger partial charge on any atom is 0.228 e. The van der Waals surface area contributed by atoms with E-state index in [2.05, 4.69) is 10.3 Å². The summed E-state index contributed by atoms with van der Waals surface area (Å²) in [5.41, 5.74) is 2.78. The van der Waals surface area contributed by atoms with Crippen molar-refractivity contribution in [1.29, 1.82) is 0 Å². The van der Waals surface area contributed by atoms with Gasteiger partial charge in [0, 0.05) is 19.3 Å². The lowest BCUT2D eigenvalue weighted by atomic mass is 9.81. The number of anilines is 1. The van der Waals surface area contributed by atoms with Crippen molar-refractivity contribution in [3.05, 3.63) is 108 Å². The number of carbonyl (C=O) groups is 2. The van der Waals surface area contributed by atoms with Crippen molar-refractivity contribution in [2.75, 3.05) is 5.32 Å². The van der Waals surface area contributed by atoms with Crippen LogP contribution in [0, 0.1) is 11.8 Å². The van der Waals surface area contributed by atoms with E-state index >= 15 is 0 Å². The second-order valence-electron chi connectivity index (χ2n) is 8.05. The summed E-state index contributed by atoms with van der Waals surface area (Å²) in [6.07, 6.45) is 8.40. The minimum absolute atomic E-state index is 0.00777. The Labute approximate surface area is 188 Å². The summed E-state index contributed by atoms with van der Waals surface area (Å²) in [6, 6.07) is 23.5. The number of hydrogen-bond acceptors (Lipinski definition) is 3. The third-order valence-corrected chi connectivity index (χ3v) is 5.76. The Bertz CT molecular complexity index is 1010. The summed E-state index contributed by atoms with van der Waals surface area (Å²) in [5.74, 6) is -0.945. The number of rotatable bonds is 7. The fourth-order valence-corrected chi connectivity index (χ4v) is 4.10. The van der Waals surface area contributed by atoms with E-state index in [1.165, 1.54) is 0 Å². The van der Waals surface area contributed by atoms with Gasteiger partial charge in [-0.05, 0) is 36.1 Å². The highest BCUT2D eigenvalue weighted by molar-refractivity contribution is 5.96. The van der Waals surface area contributed by atoms with Crippen LogP contribution in [0.25, 0.3) is 0 Å². The maximum atomic E-state index is 13.8. The molecule has 0 fully saturated rings. The van der Waals surface area contributed by atoms with E-state index in [1.54, 1.807) is 24.5 Å². The highest BCUT2D eigenvalue weighted by Crippen LogP contribution is 2.30. The van der Waals surface area contributed by atoms with Crippen molar-refractivity contribution in [2.24, 2.45) is 11.8 Å². The molecule has 0 saturated heterocycles. The first-order chi connectivity index (χ1) is 15.7.